The zero-order chi connectivity index (χ0) is 18.1. The summed E-state index contributed by atoms with van der Waals surface area (Å²) in [4.78, 5) is 17.7. The second kappa shape index (κ2) is 8.03. The van der Waals surface area contributed by atoms with Crippen LogP contribution in [0.3, 0.4) is 0 Å². The summed E-state index contributed by atoms with van der Waals surface area (Å²) in [5.41, 5.74) is 0.907. The molecule has 4 rings (SSSR count). The van der Waals surface area contributed by atoms with E-state index in [1.54, 1.807) is 12.1 Å². The zero-order valence-electron chi connectivity index (χ0n) is 14.8. The summed E-state index contributed by atoms with van der Waals surface area (Å²) in [6.07, 6.45) is 2.82. The van der Waals surface area contributed by atoms with Gasteiger partial charge in [0.15, 0.2) is 0 Å². The van der Waals surface area contributed by atoms with Crippen molar-refractivity contribution in [1.29, 1.82) is 0 Å². The molecule has 0 spiro atoms. The maximum atomic E-state index is 13.1. The van der Waals surface area contributed by atoms with Crippen molar-refractivity contribution in [3.8, 4) is 0 Å². The minimum absolute atomic E-state index is 0.158. The van der Waals surface area contributed by atoms with E-state index in [9.17, 15) is 4.79 Å². The van der Waals surface area contributed by atoms with Crippen molar-refractivity contribution in [2.75, 3.05) is 39.4 Å². The van der Waals surface area contributed by atoms with Crippen molar-refractivity contribution < 1.29 is 9.53 Å². The standard InChI is InChI=1S/C19H25Cl2N3O2/c20-14-4-3-13(9-15(14)21)10-18(25)24-8-5-22-16-11-26-12-17(19(16)24)23-6-1-2-7-23/h3-4,9,16-17,19,22H,1-2,5-8,10-12H2/t16?,17-,19-/m0/s1. The second-order valence-corrected chi connectivity index (χ2v) is 8.23. The number of nitrogens with one attached hydrogen (secondary N) is 1. The highest BCUT2D eigenvalue weighted by Gasteiger charge is 2.44. The molecule has 1 aromatic rings. The number of benzene rings is 1. The molecule has 1 aromatic carbocycles. The Balaban J connectivity index is 1.52. The highest BCUT2D eigenvalue weighted by Crippen LogP contribution is 2.27. The summed E-state index contributed by atoms with van der Waals surface area (Å²) in [5, 5.41) is 4.57. The summed E-state index contributed by atoms with van der Waals surface area (Å²) in [6, 6.07) is 6.10. The van der Waals surface area contributed by atoms with Crippen molar-refractivity contribution in [2.45, 2.75) is 37.4 Å². The Morgan fingerprint density at radius 1 is 1.15 bits per heavy atom. The molecule has 0 saturated carbocycles. The van der Waals surface area contributed by atoms with Crippen LogP contribution in [0.15, 0.2) is 18.2 Å². The monoisotopic (exact) mass is 397 g/mol. The topological polar surface area (TPSA) is 44.8 Å². The molecule has 0 radical (unpaired) electrons. The number of nitrogens with zero attached hydrogens (tertiary/aromatic N) is 2. The molecular weight excluding hydrogens is 373 g/mol. The first-order valence-electron chi connectivity index (χ1n) is 9.42. The number of piperazine rings is 1. The van der Waals surface area contributed by atoms with Crippen molar-refractivity contribution >= 4 is 29.1 Å². The number of carbonyl (C=O) groups is 1. The Hall–Kier alpha value is -0.850. The van der Waals surface area contributed by atoms with Gasteiger partial charge in [-0.1, -0.05) is 29.3 Å². The van der Waals surface area contributed by atoms with Crippen LogP contribution in [0.5, 0.6) is 0 Å². The molecule has 1 amide bonds. The molecule has 142 valence electrons. The maximum Gasteiger partial charge on any atom is 0.227 e. The second-order valence-electron chi connectivity index (χ2n) is 7.41. The van der Waals surface area contributed by atoms with E-state index in [-0.39, 0.29) is 24.0 Å². The van der Waals surface area contributed by atoms with E-state index in [1.165, 1.54) is 12.8 Å². The molecule has 3 heterocycles. The summed E-state index contributed by atoms with van der Waals surface area (Å²) in [5.74, 6) is 0.158. The summed E-state index contributed by atoms with van der Waals surface area (Å²) < 4.78 is 5.87. The number of rotatable bonds is 3. The van der Waals surface area contributed by atoms with E-state index in [0.717, 1.165) is 31.7 Å². The average Bonchev–Trinajstić information content (AvgIpc) is 3.18. The first-order chi connectivity index (χ1) is 12.6. The molecule has 7 heteroatoms. The molecule has 0 bridgehead atoms. The highest BCUT2D eigenvalue weighted by molar-refractivity contribution is 6.42. The van der Waals surface area contributed by atoms with E-state index < -0.39 is 0 Å². The van der Waals surface area contributed by atoms with E-state index in [2.05, 4.69) is 15.1 Å². The summed E-state index contributed by atoms with van der Waals surface area (Å²) in [6.45, 7) is 5.14. The number of halogens is 2. The third-order valence-electron chi connectivity index (χ3n) is 5.78. The van der Waals surface area contributed by atoms with Crippen LogP contribution in [0.1, 0.15) is 18.4 Å². The molecule has 1 N–H and O–H groups in total. The molecule has 3 aliphatic heterocycles. The summed E-state index contributed by atoms with van der Waals surface area (Å²) >= 11 is 12.1. The average molecular weight is 398 g/mol. The van der Waals surface area contributed by atoms with Gasteiger partial charge in [0.25, 0.3) is 0 Å². The predicted molar refractivity (Wildman–Crippen MR) is 103 cm³/mol. The molecule has 3 saturated heterocycles. The van der Waals surface area contributed by atoms with Gasteiger partial charge < -0.3 is 15.0 Å². The van der Waals surface area contributed by atoms with Crippen LogP contribution in [0.2, 0.25) is 10.0 Å². The normalized spacial score (nSPS) is 29.6. The van der Waals surface area contributed by atoms with Gasteiger partial charge in [-0.2, -0.15) is 0 Å². The molecule has 3 aliphatic rings. The molecule has 3 atom stereocenters. The first kappa shape index (κ1) is 18.5. The van der Waals surface area contributed by atoms with Gasteiger partial charge in [0.05, 0.1) is 47.8 Å². The fourth-order valence-electron chi connectivity index (χ4n) is 4.52. The van der Waals surface area contributed by atoms with Crippen LogP contribution in [0.4, 0.5) is 0 Å². The fourth-order valence-corrected chi connectivity index (χ4v) is 4.84. The SMILES string of the molecule is O=C(Cc1ccc(Cl)c(Cl)c1)N1CCNC2COC[C@H](N3CCCC3)[C@H]21. The fraction of sp³-hybridized carbons (Fsp3) is 0.632. The minimum Gasteiger partial charge on any atom is -0.378 e. The number of carbonyl (C=O) groups excluding carboxylic acids is 1. The van der Waals surface area contributed by atoms with Gasteiger partial charge in [-0.3, -0.25) is 9.69 Å². The van der Waals surface area contributed by atoms with Crippen molar-refractivity contribution in [2.24, 2.45) is 0 Å². The summed E-state index contributed by atoms with van der Waals surface area (Å²) in [7, 11) is 0. The van der Waals surface area contributed by atoms with Crippen LogP contribution < -0.4 is 5.32 Å². The van der Waals surface area contributed by atoms with Gasteiger partial charge in [0.1, 0.15) is 0 Å². The van der Waals surface area contributed by atoms with Gasteiger partial charge in [-0.05, 0) is 43.6 Å². The zero-order valence-corrected chi connectivity index (χ0v) is 16.3. The van der Waals surface area contributed by atoms with Crippen molar-refractivity contribution in [3.05, 3.63) is 33.8 Å². The van der Waals surface area contributed by atoms with Crippen LogP contribution in [0.25, 0.3) is 0 Å². The first-order valence-corrected chi connectivity index (χ1v) is 10.2. The van der Waals surface area contributed by atoms with Gasteiger partial charge in [0, 0.05) is 13.1 Å². The maximum absolute atomic E-state index is 13.1. The lowest BCUT2D eigenvalue weighted by Crippen LogP contribution is -2.70. The van der Waals surface area contributed by atoms with E-state index in [4.69, 9.17) is 27.9 Å². The molecule has 26 heavy (non-hydrogen) atoms. The van der Waals surface area contributed by atoms with Gasteiger partial charge >= 0.3 is 0 Å². The lowest BCUT2D eigenvalue weighted by atomic mass is 9.92. The molecule has 3 fully saturated rings. The Kier molecular flexibility index (Phi) is 5.72. The van der Waals surface area contributed by atoms with E-state index >= 15 is 0 Å². The highest BCUT2D eigenvalue weighted by atomic mass is 35.5. The largest absolute Gasteiger partial charge is 0.378 e. The lowest BCUT2D eigenvalue weighted by Gasteiger charge is -2.50. The Labute approximate surface area is 164 Å². The Morgan fingerprint density at radius 3 is 2.73 bits per heavy atom. The number of hydrogen-bond acceptors (Lipinski definition) is 4. The molecule has 0 aromatic heterocycles. The quantitative estimate of drug-likeness (QED) is 0.848. The number of ether oxygens (including phenoxy) is 1. The van der Waals surface area contributed by atoms with E-state index in [1.807, 2.05) is 6.07 Å². The lowest BCUT2D eigenvalue weighted by molar-refractivity contribution is -0.142. The van der Waals surface area contributed by atoms with Crippen molar-refractivity contribution in [1.82, 2.24) is 15.1 Å². The number of fused-ring (bicyclic) bond motifs is 1. The molecule has 1 unspecified atom stereocenters. The van der Waals surface area contributed by atoms with Gasteiger partial charge in [-0.15, -0.1) is 0 Å². The van der Waals surface area contributed by atoms with Crippen LogP contribution in [-0.4, -0.2) is 73.2 Å². The van der Waals surface area contributed by atoms with Gasteiger partial charge in [0.2, 0.25) is 5.91 Å². The smallest absolute Gasteiger partial charge is 0.227 e. The number of amides is 1. The van der Waals surface area contributed by atoms with E-state index in [0.29, 0.717) is 29.7 Å². The van der Waals surface area contributed by atoms with Crippen LogP contribution in [0, 0.1) is 0 Å². The Bertz CT molecular complexity index is 664. The molecule has 0 aliphatic carbocycles. The Morgan fingerprint density at radius 2 is 1.96 bits per heavy atom. The minimum atomic E-state index is 0.158. The molecular formula is C19H25Cl2N3O2. The number of hydrogen-bond donors (Lipinski definition) is 1. The van der Waals surface area contributed by atoms with Crippen LogP contribution in [-0.2, 0) is 16.0 Å². The predicted octanol–water partition coefficient (Wildman–Crippen LogP) is 2.20. The van der Waals surface area contributed by atoms with Gasteiger partial charge in [-0.25, -0.2) is 0 Å². The third-order valence-corrected chi connectivity index (χ3v) is 6.52. The third kappa shape index (κ3) is 3.73. The molecule has 5 nitrogen and oxygen atoms in total. The van der Waals surface area contributed by atoms with Crippen molar-refractivity contribution in [3.63, 3.8) is 0 Å². The van der Waals surface area contributed by atoms with Crippen LogP contribution >= 0.6 is 23.2 Å². The number of likely N-dealkylation sites (tertiary alicyclic amines) is 1.